The molecule has 0 amide bonds. The molecule has 1 fully saturated rings. The summed E-state index contributed by atoms with van der Waals surface area (Å²) >= 11 is 1.73. The first-order chi connectivity index (χ1) is 16.5. The first-order valence-corrected chi connectivity index (χ1v) is 12.6. The molecule has 2 aromatic carbocycles. The molecule has 1 aliphatic rings. The molecule has 8 heteroatoms. The fourth-order valence-corrected chi connectivity index (χ4v) is 5.15. The molecule has 2 heterocycles. The second-order valence-corrected chi connectivity index (χ2v) is 9.66. The van der Waals surface area contributed by atoms with Crippen LogP contribution in [0.4, 0.5) is 0 Å². The van der Waals surface area contributed by atoms with E-state index in [4.69, 9.17) is 9.47 Å². The lowest BCUT2D eigenvalue weighted by Crippen LogP contribution is -2.23. The average molecular weight is 481 g/mol. The molecule has 0 bridgehead atoms. The Kier molecular flexibility index (Phi) is 8.37. The van der Waals surface area contributed by atoms with Crippen molar-refractivity contribution >= 4 is 17.7 Å². The maximum absolute atomic E-state index is 11.7. The molecule has 1 aromatic heterocycles. The van der Waals surface area contributed by atoms with Crippen molar-refractivity contribution in [1.29, 1.82) is 0 Å². The standard InChI is InChI=1S/C26H32N4O3S/c1-19-7-4-5-8-22(19)18-34-26-28-27-24(30(26)16-23-9-6-14-33-23)17-29(2)15-20-10-12-21(13-11-20)25(31)32-3/h4-5,7-8,10-13,23H,6,9,14-18H2,1-3H3/t23-/m1/s1. The van der Waals surface area contributed by atoms with Crippen molar-refractivity contribution in [2.75, 3.05) is 20.8 Å². The third kappa shape index (κ3) is 6.25. The summed E-state index contributed by atoms with van der Waals surface area (Å²) in [6.07, 6.45) is 2.39. The first-order valence-electron chi connectivity index (χ1n) is 11.6. The van der Waals surface area contributed by atoms with E-state index in [0.29, 0.717) is 12.1 Å². The fourth-order valence-electron chi connectivity index (χ4n) is 4.11. The van der Waals surface area contributed by atoms with E-state index in [1.165, 1.54) is 18.2 Å². The van der Waals surface area contributed by atoms with Gasteiger partial charge in [-0.25, -0.2) is 4.79 Å². The number of aryl methyl sites for hydroxylation is 1. The number of benzene rings is 2. The number of carbonyl (C=O) groups excluding carboxylic acids is 1. The number of hydrogen-bond donors (Lipinski definition) is 0. The molecule has 0 aliphatic carbocycles. The van der Waals surface area contributed by atoms with Gasteiger partial charge in [-0.1, -0.05) is 48.2 Å². The molecule has 1 saturated heterocycles. The summed E-state index contributed by atoms with van der Waals surface area (Å²) in [6, 6.07) is 16.0. The van der Waals surface area contributed by atoms with Gasteiger partial charge in [-0.2, -0.15) is 0 Å². The minimum Gasteiger partial charge on any atom is -0.465 e. The van der Waals surface area contributed by atoms with Crippen LogP contribution in [0.15, 0.2) is 53.7 Å². The summed E-state index contributed by atoms with van der Waals surface area (Å²) in [5.74, 6) is 1.48. The minimum absolute atomic E-state index is 0.212. The van der Waals surface area contributed by atoms with Crippen LogP contribution < -0.4 is 0 Å². The van der Waals surface area contributed by atoms with Crippen molar-refractivity contribution < 1.29 is 14.3 Å². The zero-order valence-corrected chi connectivity index (χ0v) is 20.9. The van der Waals surface area contributed by atoms with E-state index in [1.807, 2.05) is 12.1 Å². The average Bonchev–Trinajstić information content (AvgIpc) is 3.49. The predicted octanol–water partition coefficient (Wildman–Crippen LogP) is 4.48. The Morgan fingerprint density at radius 1 is 1.18 bits per heavy atom. The quantitative estimate of drug-likeness (QED) is 0.313. The summed E-state index contributed by atoms with van der Waals surface area (Å²) in [4.78, 5) is 13.9. The van der Waals surface area contributed by atoms with Gasteiger partial charge in [-0.05, 0) is 55.6 Å². The van der Waals surface area contributed by atoms with Crippen molar-refractivity contribution in [2.24, 2.45) is 0 Å². The van der Waals surface area contributed by atoms with E-state index in [-0.39, 0.29) is 12.1 Å². The van der Waals surface area contributed by atoms with Gasteiger partial charge in [0.25, 0.3) is 0 Å². The Hall–Kier alpha value is -2.68. The Morgan fingerprint density at radius 3 is 2.68 bits per heavy atom. The van der Waals surface area contributed by atoms with E-state index in [9.17, 15) is 4.79 Å². The topological polar surface area (TPSA) is 69.5 Å². The Morgan fingerprint density at radius 2 is 1.97 bits per heavy atom. The lowest BCUT2D eigenvalue weighted by molar-refractivity contribution is 0.0600. The molecule has 34 heavy (non-hydrogen) atoms. The van der Waals surface area contributed by atoms with Crippen LogP contribution in [-0.4, -0.2) is 52.5 Å². The number of carbonyl (C=O) groups is 1. The van der Waals surface area contributed by atoms with Crippen molar-refractivity contribution in [3.05, 3.63) is 76.6 Å². The first kappa shape index (κ1) is 24.4. The number of nitrogens with zero attached hydrogens (tertiary/aromatic N) is 4. The zero-order valence-electron chi connectivity index (χ0n) is 20.1. The summed E-state index contributed by atoms with van der Waals surface area (Å²) < 4.78 is 12.9. The van der Waals surface area contributed by atoms with E-state index in [0.717, 1.165) is 54.8 Å². The summed E-state index contributed by atoms with van der Waals surface area (Å²) in [6.45, 7) is 5.16. The normalized spacial score (nSPS) is 15.7. The molecule has 4 rings (SSSR count). The summed E-state index contributed by atoms with van der Waals surface area (Å²) in [5, 5.41) is 10.0. The lowest BCUT2D eigenvalue weighted by Gasteiger charge is -2.19. The number of thioether (sulfide) groups is 1. The Labute approximate surface area is 205 Å². The number of methoxy groups -OCH3 is 1. The lowest BCUT2D eigenvalue weighted by atomic mass is 10.1. The molecule has 0 spiro atoms. The van der Waals surface area contributed by atoms with E-state index in [2.05, 4.69) is 57.9 Å². The molecular weight excluding hydrogens is 448 g/mol. The van der Waals surface area contributed by atoms with Gasteiger partial charge in [0.2, 0.25) is 0 Å². The molecule has 0 radical (unpaired) electrons. The highest BCUT2D eigenvalue weighted by Crippen LogP contribution is 2.26. The van der Waals surface area contributed by atoms with Crippen LogP contribution in [0.25, 0.3) is 0 Å². The third-order valence-electron chi connectivity index (χ3n) is 6.06. The highest BCUT2D eigenvalue weighted by atomic mass is 32.2. The highest BCUT2D eigenvalue weighted by Gasteiger charge is 2.22. The van der Waals surface area contributed by atoms with Gasteiger partial charge in [0.15, 0.2) is 5.16 Å². The van der Waals surface area contributed by atoms with Crippen LogP contribution in [0.5, 0.6) is 0 Å². The molecule has 1 atom stereocenters. The van der Waals surface area contributed by atoms with Crippen LogP contribution >= 0.6 is 11.8 Å². The number of aromatic nitrogens is 3. The summed E-state index contributed by atoms with van der Waals surface area (Å²) in [5.41, 5.74) is 4.28. The third-order valence-corrected chi connectivity index (χ3v) is 7.08. The Bertz CT molecular complexity index is 1090. The van der Waals surface area contributed by atoms with E-state index >= 15 is 0 Å². The van der Waals surface area contributed by atoms with Gasteiger partial charge >= 0.3 is 5.97 Å². The molecule has 180 valence electrons. The van der Waals surface area contributed by atoms with Crippen LogP contribution in [0, 0.1) is 6.92 Å². The van der Waals surface area contributed by atoms with Gasteiger partial charge in [0.05, 0.1) is 31.9 Å². The zero-order chi connectivity index (χ0) is 23.9. The van der Waals surface area contributed by atoms with E-state index < -0.39 is 0 Å². The van der Waals surface area contributed by atoms with Gasteiger partial charge in [-0.3, -0.25) is 4.90 Å². The van der Waals surface area contributed by atoms with Crippen LogP contribution in [0.2, 0.25) is 0 Å². The van der Waals surface area contributed by atoms with Gasteiger partial charge in [0, 0.05) is 18.9 Å². The van der Waals surface area contributed by atoms with Crippen molar-refractivity contribution in [2.45, 2.75) is 56.4 Å². The van der Waals surface area contributed by atoms with Crippen molar-refractivity contribution in [3.63, 3.8) is 0 Å². The maximum Gasteiger partial charge on any atom is 0.337 e. The molecule has 7 nitrogen and oxygen atoms in total. The van der Waals surface area contributed by atoms with E-state index in [1.54, 1.807) is 23.9 Å². The van der Waals surface area contributed by atoms with Crippen molar-refractivity contribution in [1.82, 2.24) is 19.7 Å². The fraction of sp³-hybridized carbons (Fsp3) is 0.423. The van der Waals surface area contributed by atoms with Crippen LogP contribution in [0.3, 0.4) is 0 Å². The number of esters is 1. The molecule has 0 unspecified atom stereocenters. The largest absolute Gasteiger partial charge is 0.465 e. The molecule has 0 saturated carbocycles. The second kappa shape index (κ2) is 11.6. The van der Waals surface area contributed by atoms with Gasteiger partial charge in [0.1, 0.15) is 5.82 Å². The molecule has 1 aliphatic heterocycles. The second-order valence-electron chi connectivity index (χ2n) is 8.72. The van der Waals surface area contributed by atoms with Gasteiger partial charge in [-0.15, -0.1) is 10.2 Å². The molecular formula is C26H32N4O3S. The highest BCUT2D eigenvalue weighted by molar-refractivity contribution is 7.98. The smallest absolute Gasteiger partial charge is 0.337 e. The van der Waals surface area contributed by atoms with Crippen LogP contribution in [0.1, 0.15) is 45.7 Å². The van der Waals surface area contributed by atoms with Crippen LogP contribution in [-0.2, 0) is 34.9 Å². The van der Waals surface area contributed by atoms with Gasteiger partial charge < -0.3 is 14.0 Å². The number of hydrogen-bond acceptors (Lipinski definition) is 7. The summed E-state index contributed by atoms with van der Waals surface area (Å²) in [7, 11) is 3.46. The SMILES string of the molecule is COC(=O)c1ccc(CN(C)Cc2nnc(SCc3ccccc3C)n2C[C@H]2CCCO2)cc1. The predicted molar refractivity (Wildman–Crippen MR) is 133 cm³/mol. The number of ether oxygens (including phenoxy) is 2. The monoisotopic (exact) mass is 480 g/mol. The maximum atomic E-state index is 11.7. The minimum atomic E-state index is -0.321. The Balaban J connectivity index is 1.45. The number of rotatable bonds is 10. The molecule has 3 aromatic rings. The molecule has 0 N–H and O–H groups in total. The van der Waals surface area contributed by atoms with Crippen molar-refractivity contribution in [3.8, 4) is 0 Å².